The summed E-state index contributed by atoms with van der Waals surface area (Å²) in [6, 6.07) is 15.7. The Morgan fingerprint density at radius 1 is 1.12 bits per heavy atom. The first-order chi connectivity index (χ1) is 15.9. The zero-order valence-corrected chi connectivity index (χ0v) is 19.6. The zero-order valence-electron chi connectivity index (χ0n) is 19.6. The summed E-state index contributed by atoms with van der Waals surface area (Å²) in [5.74, 6) is 1.43. The molecule has 3 aromatic rings. The minimum Gasteiger partial charge on any atom is -0.491 e. The fourth-order valence-electron chi connectivity index (χ4n) is 3.26. The van der Waals surface area contributed by atoms with Crippen LogP contribution in [0.1, 0.15) is 30.5 Å². The first-order valence-corrected chi connectivity index (χ1v) is 11.0. The van der Waals surface area contributed by atoms with Gasteiger partial charge in [-0.1, -0.05) is 24.3 Å². The van der Waals surface area contributed by atoms with Gasteiger partial charge in [-0.15, -0.1) is 0 Å². The second-order valence-corrected chi connectivity index (χ2v) is 8.01. The average molecular weight is 449 g/mol. The Kier molecular flexibility index (Phi) is 8.46. The maximum Gasteiger partial charge on any atom is 0.246 e. The smallest absolute Gasteiger partial charge is 0.246 e. The third kappa shape index (κ3) is 7.68. The van der Waals surface area contributed by atoms with Crippen molar-refractivity contribution in [1.29, 1.82) is 0 Å². The monoisotopic (exact) mass is 448 g/mol. The molecule has 3 N–H and O–H groups in total. The molecule has 3 rings (SSSR count). The van der Waals surface area contributed by atoms with Crippen LogP contribution in [0.3, 0.4) is 0 Å². The van der Waals surface area contributed by atoms with Gasteiger partial charge >= 0.3 is 0 Å². The molecular formula is C25H32N6O2. The Bertz CT molecular complexity index is 1080. The second-order valence-electron chi connectivity index (χ2n) is 8.01. The second kappa shape index (κ2) is 11.7. The summed E-state index contributed by atoms with van der Waals surface area (Å²) in [5.41, 5.74) is 3.99. The summed E-state index contributed by atoms with van der Waals surface area (Å²) < 4.78 is 7.54. The molecule has 0 radical (unpaired) electrons. The number of benzene rings is 2. The number of guanidine groups is 1. The molecule has 1 amide bonds. The molecule has 0 spiro atoms. The van der Waals surface area contributed by atoms with Crippen molar-refractivity contribution in [1.82, 2.24) is 20.4 Å². The Balaban J connectivity index is 1.54. The van der Waals surface area contributed by atoms with Gasteiger partial charge in [0.2, 0.25) is 5.91 Å². The number of rotatable bonds is 9. The van der Waals surface area contributed by atoms with Crippen molar-refractivity contribution in [3.63, 3.8) is 0 Å². The maximum atomic E-state index is 12.2. The fourth-order valence-corrected chi connectivity index (χ4v) is 3.26. The number of hydrogen-bond acceptors (Lipinski definition) is 4. The number of carbonyl (C=O) groups is 1. The van der Waals surface area contributed by atoms with Crippen molar-refractivity contribution in [2.24, 2.45) is 4.99 Å². The maximum absolute atomic E-state index is 12.2. The van der Waals surface area contributed by atoms with Crippen molar-refractivity contribution >= 4 is 17.6 Å². The van der Waals surface area contributed by atoms with Crippen LogP contribution in [0.4, 0.5) is 5.69 Å². The van der Waals surface area contributed by atoms with E-state index in [1.165, 1.54) is 0 Å². The van der Waals surface area contributed by atoms with Crippen LogP contribution in [-0.2, 0) is 24.4 Å². The lowest BCUT2D eigenvalue weighted by atomic mass is 10.1. The molecule has 33 heavy (non-hydrogen) atoms. The molecule has 174 valence electrons. The quantitative estimate of drug-likeness (QED) is 0.344. The van der Waals surface area contributed by atoms with E-state index in [0.29, 0.717) is 19.0 Å². The molecule has 0 aliphatic rings. The topological polar surface area (TPSA) is 92.6 Å². The summed E-state index contributed by atoms with van der Waals surface area (Å²) in [4.78, 5) is 16.5. The molecule has 8 heteroatoms. The van der Waals surface area contributed by atoms with Crippen molar-refractivity contribution in [3.8, 4) is 5.75 Å². The fraction of sp³-hybridized carbons (Fsp3) is 0.320. The molecule has 0 unspecified atom stereocenters. The lowest BCUT2D eigenvalue weighted by Gasteiger charge is -2.17. The van der Waals surface area contributed by atoms with E-state index in [1.807, 2.05) is 38.1 Å². The van der Waals surface area contributed by atoms with Crippen LogP contribution in [0.15, 0.2) is 65.9 Å². The lowest BCUT2D eigenvalue weighted by Crippen LogP contribution is -2.36. The van der Waals surface area contributed by atoms with Crippen molar-refractivity contribution in [3.05, 3.63) is 77.6 Å². The van der Waals surface area contributed by atoms with Gasteiger partial charge in [0.05, 0.1) is 6.10 Å². The molecule has 2 aromatic carbocycles. The average Bonchev–Trinajstić information content (AvgIpc) is 3.27. The summed E-state index contributed by atoms with van der Waals surface area (Å²) in [6.45, 7) is 7.42. The van der Waals surface area contributed by atoms with E-state index in [4.69, 9.17) is 4.74 Å². The van der Waals surface area contributed by atoms with Crippen LogP contribution < -0.4 is 20.7 Å². The first-order valence-electron chi connectivity index (χ1n) is 11.0. The van der Waals surface area contributed by atoms with Crippen LogP contribution in [0, 0.1) is 6.92 Å². The molecule has 0 aliphatic heterocycles. The number of ether oxygens (including phenoxy) is 1. The largest absolute Gasteiger partial charge is 0.491 e. The van der Waals surface area contributed by atoms with Crippen LogP contribution >= 0.6 is 0 Å². The normalized spacial score (nSPS) is 11.4. The van der Waals surface area contributed by atoms with E-state index in [0.717, 1.165) is 28.1 Å². The van der Waals surface area contributed by atoms with E-state index >= 15 is 0 Å². The zero-order chi connectivity index (χ0) is 23.6. The number of aryl methyl sites for hydroxylation is 1. The molecule has 0 bridgehead atoms. The SMILES string of the molecule is CN=C(NCc1cccc(NC(=O)Cn2cccn2)c1)NCc1ccc(C)cc1OC(C)C. The molecule has 1 heterocycles. The first kappa shape index (κ1) is 23.8. The molecule has 0 saturated heterocycles. The number of aromatic nitrogens is 2. The van der Waals surface area contributed by atoms with Crippen molar-refractivity contribution in [2.75, 3.05) is 12.4 Å². The van der Waals surface area contributed by atoms with Gasteiger partial charge in [-0.2, -0.15) is 5.10 Å². The highest BCUT2D eigenvalue weighted by atomic mass is 16.5. The number of hydrogen-bond donors (Lipinski definition) is 3. The van der Waals surface area contributed by atoms with E-state index in [2.05, 4.69) is 51.2 Å². The molecule has 8 nitrogen and oxygen atoms in total. The highest BCUT2D eigenvalue weighted by Crippen LogP contribution is 2.21. The molecule has 1 aromatic heterocycles. The summed E-state index contributed by atoms with van der Waals surface area (Å²) >= 11 is 0. The predicted molar refractivity (Wildman–Crippen MR) is 131 cm³/mol. The van der Waals surface area contributed by atoms with Crippen LogP contribution in [0.2, 0.25) is 0 Å². The van der Waals surface area contributed by atoms with Gasteiger partial charge in [-0.05, 0) is 56.2 Å². The van der Waals surface area contributed by atoms with Gasteiger partial charge < -0.3 is 20.7 Å². The molecule has 0 fully saturated rings. The highest BCUT2D eigenvalue weighted by Gasteiger charge is 2.08. The Morgan fingerprint density at radius 2 is 1.94 bits per heavy atom. The highest BCUT2D eigenvalue weighted by molar-refractivity contribution is 5.90. The summed E-state index contributed by atoms with van der Waals surface area (Å²) in [6.07, 6.45) is 3.51. The third-order valence-corrected chi connectivity index (χ3v) is 4.79. The van der Waals surface area contributed by atoms with Gasteiger partial charge in [-0.25, -0.2) is 0 Å². The van der Waals surface area contributed by atoms with E-state index < -0.39 is 0 Å². The Labute approximate surface area is 195 Å². The number of nitrogens with one attached hydrogen (secondary N) is 3. The van der Waals surface area contributed by atoms with Gasteiger partial charge in [0.15, 0.2) is 5.96 Å². The Hall–Kier alpha value is -3.81. The van der Waals surface area contributed by atoms with Gasteiger partial charge in [-0.3, -0.25) is 14.5 Å². The lowest BCUT2D eigenvalue weighted by molar-refractivity contribution is -0.116. The summed E-state index contributed by atoms with van der Waals surface area (Å²) in [5, 5.41) is 13.6. The third-order valence-electron chi connectivity index (χ3n) is 4.79. The number of amides is 1. The van der Waals surface area contributed by atoms with Crippen molar-refractivity contribution < 1.29 is 9.53 Å². The van der Waals surface area contributed by atoms with Gasteiger partial charge in [0, 0.05) is 43.8 Å². The molecular weight excluding hydrogens is 416 g/mol. The van der Waals surface area contributed by atoms with Gasteiger partial charge in [0.25, 0.3) is 0 Å². The summed E-state index contributed by atoms with van der Waals surface area (Å²) in [7, 11) is 1.74. The predicted octanol–water partition coefficient (Wildman–Crippen LogP) is 3.48. The number of aliphatic imine (C=N–C) groups is 1. The molecule has 0 atom stereocenters. The number of anilines is 1. The minimum absolute atomic E-state index is 0.107. The Morgan fingerprint density at radius 3 is 2.67 bits per heavy atom. The van der Waals surface area contributed by atoms with E-state index in [-0.39, 0.29) is 18.6 Å². The van der Waals surface area contributed by atoms with Crippen LogP contribution in [0.5, 0.6) is 5.75 Å². The molecule has 0 saturated carbocycles. The molecule has 0 aliphatic carbocycles. The number of carbonyl (C=O) groups excluding carboxylic acids is 1. The van der Waals surface area contributed by atoms with E-state index in [1.54, 1.807) is 30.2 Å². The minimum atomic E-state index is -0.126. The standard InChI is InChI=1S/C25H32N6O2/c1-18(2)33-23-13-19(3)9-10-21(23)16-28-25(26-4)27-15-20-7-5-8-22(14-20)30-24(32)17-31-12-6-11-29-31/h5-14,18H,15-17H2,1-4H3,(H,30,32)(H2,26,27,28). The van der Waals surface area contributed by atoms with Crippen LogP contribution in [0.25, 0.3) is 0 Å². The number of nitrogens with zero attached hydrogens (tertiary/aromatic N) is 3. The van der Waals surface area contributed by atoms with Crippen molar-refractivity contribution in [2.45, 2.75) is 46.5 Å². The van der Waals surface area contributed by atoms with Gasteiger partial charge in [0.1, 0.15) is 12.3 Å². The van der Waals surface area contributed by atoms with Crippen LogP contribution in [-0.4, -0.2) is 34.8 Å². The van der Waals surface area contributed by atoms with E-state index in [9.17, 15) is 4.79 Å².